The molecule has 1 atom stereocenters. The predicted molar refractivity (Wildman–Crippen MR) is 114 cm³/mol. The summed E-state index contributed by atoms with van der Waals surface area (Å²) in [6, 6.07) is 6.27. The van der Waals surface area contributed by atoms with Gasteiger partial charge in [0.2, 0.25) is 0 Å². The molecule has 2 rings (SSSR count). The Labute approximate surface area is 169 Å². The van der Waals surface area contributed by atoms with E-state index in [1.54, 1.807) is 0 Å². The molecule has 0 spiro atoms. The van der Waals surface area contributed by atoms with E-state index in [-0.39, 0.29) is 30.1 Å². The fraction of sp³-hybridized carbons (Fsp3) is 0.632. The zero-order valence-electron chi connectivity index (χ0n) is 15.8. The third kappa shape index (κ3) is 7.40. The van der Waals surface area contributed by atoms with Gasteiger partial charge >= 0.3 is 0 Å². The van der Waals surface area contributed by atoms with Crippen LogP contribution in [0.25, 0.3) is 0 Å². The highest BCUT2D eigenvalue weighted by Gasteiger charge is 2.14. The minimum absolute atomic E-state index is 0. The minimum Gasteiger partial charge on any atom is -0.490 e. The molecule has 0 radical (unpaired) electrons. The molecule has 0 bridgehead atoms. The Kier molecular flexibility index (Phi) is 9.56. The van der Waals surface area contributed by atoms with Gasteiger partial charge in [-0.25, -0.2) is 4.99 Å². The molecule has 1 aromatic carbocycles. The maximum Gasteiger partial charge on any atom is 0.191 e. The molecular formula is C19H32IN3O2. The van der Waals surface area contributed by atoms with Crippen LogP contribution in [0.15, 0.2) is 23.2 Å². The number of guanidine groups is 1. The van der Waals surface area contributed by atoms with E-state index in [0.717, 1.165) is 30.8 Å². The molecule has 2 N–H and O–H groups in total. The second-order valence-corrected chi connectivity index (χ2v) is 6.94. The number of nitrogens with zero attached hydrogens (tertiary/aromatic N) is 2. The van der Waals surface area contributed by atoms with Crippen LogP contribution in [0.2, 0.25) is 0 Å². The number of morpholine rings is 1. The Hall–Kier alpha value is -1.02. The fourth-order valence-corrected chi connectivity index (χ4v) is 2.89. The molecular weight excluding hydrogens is 429 g/mol. The van der Waals surface area contributed by atoms with E-state index in [1.807, 2.05) is 0 Å². The lowest BCUT2D eigenvalue weighted by atomic mass is 10.1. The summed E-state index contributed by atoms with van der Waals surface area (Å²) in [5.41, 5.74) is 8.39. The number of ether oxygens (including phenoxy) is 2. The monoisotopic (exact) mass is 461 g/mol. The molecule has 142 valence electrons. The van der Waals surface area contributed by atoms with Crippen LogP contribution in [0.1, 0.15) is 38.3 Å². The standard InChI is InChI=1S/C19H31N3O2.HI/c1-14(2)11-16(4)24-18-12-15(3)5-6-17(18)13-21-19(20)22-7-9-23-10-8-22;/h5-6,12,14,16H,7-11,13H2,1-4H3,(H2,20,21);1H. The van der Waals surface area contributed by atoms with Crippen molar-refractivity contribution in [3.05, 3.63) is 29.3 Å². The Morgan fingerprint density at radius 1 is 1.28 bits per heavy atom. The molecule has 1 aromatic rings. The van der Waals surface area contributed by atoms with Crippen LogP contribution in [0.3, 0.4) is 0 Å². The van der Waals surface area contributed by atoms with E-state index in [0.29, 0.717) is 31.6 Å². The van der Waals surface area contributed by atoms with Crippen molar-refractivity contribution < 1.29 is 9.47 Å². The molecule has 1 unspecified atom stereocenters. The Bertz CT molecular complexity index is 558. The number of rotatable bonds is 6. The van der Waals surface area contributed by atoms with Gasteiger partial charge in [-0.15, -0.1) is 24.0 Å². The summed E-state index contributed by atoms with van der Waals surface area (Å²) in [6.07, 6.45) is 1.22. The zero-order valence-corrected chi connectivity index (χ0v) is 18.2. The van der Waals surface area contributed by atoms with Gasteiger partial charge in [-0.05, 0) is 37.8 Å². The molecule has 1 aliphatic rings. The van der Waals surface area contributed by atoms with Crippen molar-refractivity contribution in [1.29, 1.82) is 0 Å². The first-order chi connectivity index (χ1) is 11.5. The van der Waals surface area contributed by atoms with Gasteiger partial charge in [-0.1, -0.05) is 26.0 Å². The van der Waals surface area contributed by atoms with Crippen LogP contribution in [0.5, 0.6) is 5.75 Å². The third-order valence-corrected chi connectivity index (χ3v) is 4.10. The highest BCUT2D eigenvalue weighted by Crippen LogP contribution is 2.24. The Morgan fingerprint density at radius 3 is 2.60 bits per heavy atom. The van der Waals surface area contributed by atoms with E-state index in [2.05, 4.69) is 55.8 Å². The lowest BCUT2D eigenvalue weighted by molar-refractivity contribution is 0.0674. The first-order valence-electron chi connectivity index (χ1n) is 8.84. The SMILES string of the molecule is Cc1ccc(CN=C(N)N2CCOCC2)c(OC(C)CC(C)C)c1.I. The van der Waals surface area contributed by atoms with Gasteiger partial charge in [-0.3, -0.25) is 0 Å². The number of aliphatic imine (C=N–C) groups is 1. The summed E-state index contributed by atoms with van der Waals surface area (Å²) in [5.74, 6) is 2.12. The van der Waals surface area contributed by atoms with Gasteiger partial charge in [0.25, 0.3) is 0 Å². The third-order valence-electron chi connectivity index (χ3n) is 4.10. The zero-order chi connectivity index (χ0) is 17.5. The molecule has 1 aliphatic heterocycles. The smallest absolute Gasteiger partial charge is 0.191 e. The van der Waals surface area contributed by atoms with Crippen molar-refractivity contribution >= 4 is 29.9 Å². The highest BCUT2D eigenvalue weighted by molar-refractivity contribution is 14.0. The summed E-state index contributed by atoms with van der Waals surface area (Å²) < 4.78 is 11.5. The van der Waals surface area contributed by atoms with Gasteiger partial charge in [0.1, 0.15) is 5.75 Å². The summed E-state index contributed by atoms with van der Waals surface area (Å²) in [4.78, 5) is 6.63. The van der Waals surface area contributed by atoms with Crippen molar-refractivity contribution in [3.8, 4) is 5.75 Å². The van der Waals surface area contributed by atoms with Gasteiger partial charge in [-0.2, -0.15) is 0 Å². The first kappa shape index (κ1) is 22.0. The predicted octanol–water partition coefficient (Wildman–Crippen LogP) is 3.57. The average Bonchev–Trinajstić information content (AvgIpc) is 2.54. The van der Waals surface area contributed by atoms with Gasteiger partial charge in [0, 0.05) is 18.7 Å². The van der Waals surface area contributed by atoms with Gasteiger partial charge < -0.3 is 20.1 Å². The van der Waals surface area contributed by atoms with E-state index in [4.69, 9.17) is 15.2 Å². The summed E-state index contributed by atoms with van der Waals surface area (Å²) in [5, 5.41) is 0. The minimum atomic E-state index is 0. The van der Waals surface area contributed by atoms with Crippen LogP contribution in [-0.2, 0) is 11.3 Å². The Morgan fingerprint density at radius 2 is 1.96 bits per heavy atom. The maximum absolute atomic E-state index is 6.17. The summed E-state index contributed by atoms with van der Waals surface area (Å²) >= 11 is 0. The van der Waals surface area contributed by atoms with E-state index < -0.39 is 0 Å². The number of benzene rings is 1. The molecule has 0 saturated carbocycles. The molecule has 0 amide bonds. The van der Waals surface area contributed by atoms with E-state index >= 15 is 0 Å². The topological polar surface area (TPSA) is 60.1 Å². The first-order valence-corrected chi connectivity index (χ1v) is 8.84. The number of hydrogen-bond donors (Lipinski definition) is 1. The highest BCUT2D eigenvalue weighted by atomic mass is 127. The molecule has 5 nitrogen and oxygen atoms in total. The largest absolute Gasteiger partial charge is 0.490 e. The Balaban J connectivity index is 0.00000312. The van der Waals surface area contributed by atoms with Gasteiger partial charge in [0.05, 0.1) is 25.9 Å². The number of nitrogens with two attached hydrogens (primary N) is 1. The van der Waals surface area contributed by atoms with E-state index in [9.17, 15) is 0 Å². The van der Waals surface area contributed by atoms with Crippen molar-refractivity contribution in [1.82, 2.24) is 4.90 Å². The second-order valence-electron chi connectivity index (χ2n) is 6.94. The molecule has 0 aromatic heterocycles. The van der Waals surface area contributed by atoms with Crippen LogP contribution in [0.4, 0.5) is 0 Å². The number of hydrogen-bond acceptors (Lipinski definition) is 3. The van der Waals surface area contributed by atoms with Crippen LogP contribution in [-0.4, -0.2) is 43.3 Å². The molecule has 1 fully saturated rings. The van der Waals surface area contributed by atoms with Crippen molar-refractivity contribution in [2.24, 2.45) is 16.6 Å². The summed E-state index contributed by atoms with van der Waals surface area (Å²) in [6.45, 7) is 12.2. The van der Waals surface area contributed by atoms with Crippen LogP contribution >= 0.6 is 24.0 Å². The van der Waals surface area contributed by atoms with Crippen molar-refractivity contribution in [2.75, 3.05) is 26.3 Å². The lowest BCUT2D eigenvalue weighted by Crippen LogP contribution is -2.44. The number of aryl methyl sites for hydroxylation is 1. The lowest BCUT2D eigenvalue weighted by Gasteiger charge is -2.27. The molecule has 0 aliphatic carbocycles. The number of halogens is 1. The normalized spacial score (nSPS) is 16.5. The van der Waals surface area contributed by atoms with Gasteiger partial charge in [0.15, 0.2) is 5.96 Å². The van der Waals surface area contributed by atoms with Crippen LogP contribution in [0, 0.1) is 12.8 Å². The molecule has 25 heavy (non-hydrogen) atoms. The quantitative estimate of drug-likeness (QED) is 0.400. The average molecular weight is 461 g/mol. The van der Waals surface area contributed by atoms with E-state index in [1.165, 1.54) is 5.56 Å². The maximum atomic E-state index is 6.17. The fourth-order valence-electron chi connectivity index (χ4n) is 2.89. The van der Waals surface area contributed by atoms with Crippen molar-refractivity contribution in [2.45, 2.75) is 46.8 Å². The van der Waals surface area contributed by atoms with Crippen molar-refractivity contribution in [3.63, 3.8) is 0 Å². The molecule has 1 saturated heterocycles. The molecule has 1 heterocycles. The summed E-state index contributed by atoms with van der Waals surface area (Å²) in [7, 11) is 0. The molecule has 6 heteroatoms. The second kappa shape index (κ2) is 10.9. The van der Waals surface area contributed by atoms with Crippen LogP contribution < -0.4 is 10.5 Å².